The molecule has 1 unspecified atom stereocenters. The summed E-state index contributed by atoms with van der Waals surface area (Å²) >= 11 is 1.57. The zero-order valence-corrected chi connectivity index (χ0v) is 31.9. The molecule has 0 saturated carbocycles. The summed E-state index contributed by atoms with van der Waals surface area (Å²) in [5.74, 6) is -1.22. The van der Waals surface area contributed by atoms with E-state index in [2.05, 4.69) is 25.9 Å². The second kappa shape index (κ2) is 16.3. The molecule has 0 aliphatic carbocycles. The first-order chi connectivity index (χ1) is 25.8. The van der Waals surface area contributed by atoms with Crippen molar-refractivity contribution in [2.75, 3.05) is 6.54 Å². The highest BCUT2D eigenvalue weighted by Gasteiger charge is 2.44. The number of hydrogen-bond donors (Lipinski definition) is 4. The lowest BCUT2D eigenvalue weighted by atomic mass is 9.85. The van der Waals surface area contributed by atoms with Gasteiger partial charge in [-0.25, -0.2) is 4.98 Å². The Bertz CT molecular complexity index is 2070. The van der Waals surface area contributed by atoms with Crippen LogP contribution >= 0.6 is 11.3 Å². The van der Waals surface area contributed by atoms with Crippen LogP contribution in [0.15, 0.2) is 89.1 Å². The molecule has 2 aromatic carbocycles. The molecule has 0 bridgehead atoms. The zero-order chi connectivity index (χ0) is 38.6. The molecule has 4 heterocycles. The van der Waals surface area contributed by atoms with Crippen LogP contribution in [-0.4, -0.2) is 68.3 Å². The van der Waals surface area contributed by atoms with E-state index in [0.717, 1.165) is 27.1 Å². The first-order valence-electron chi connectivity index (χ1n) is 18.0. The predicted molar refractivity (Wildman–Crippen MR) is 206 cm³/mol. The van der Waals surface area contributed by atoms with Crippen molar-refractivity contribution in [2.45, 2.75) is 84.2 Å². The monoisotopic (exact) mass is 750 g/mol. The van der Waals surface area contributed by atoms with Crippen LogP contribution in [0.5, 0.6) is 0 Å². The Morgan fingerprint density at radius 2 is 1.69 bits per heavy atom. The molecule has 5 atom stereocenters. The van der Waals surface area contributed by atoms with Gasteiger partial charge in [-0.2, -0.15) is 0 Å². The molecule has 0 radical (unpaired) electrons. The van der Waals surface area contributed by atoms with Crippen molar-refractivity contribution >= 4 is 45.9 Å². The molecule has 4 N–H and O–H groups in total. The Labute approximate surface area is 318 Å². The van der Waals surface area contributed by atoms with Gasteiger partial charge in [0.1, 0.15) is 29.5 Å². The summed E-state index contributed by atoms with van der Waals surface area (Å²) in [6.45, 7) is 9.23. The van der Waals surface area contributed by atoms with Gasteiger partial charge in [0, 0.05) is 49.2 Å². The van der Waals surface area contributed by atoms with Crippen molar-refractivity contribution in [3.63, 3.8) is 0 Å². The van der Waals surface area contributed by atoms with Crippen LogP contribution < -0.4 is 16.0 Å². The van der Waals surface area contributed by atoms with Crippen LogP contribution in [0, 0.1) is 12.3 Å². The van der Waals surface area contributed by atoms with Crippen LogP contribution in [0.4, 0.5) is 0 Å². The first-order valence-corrected chi connectivity index (χ1v) is 18.9. The van der Waals surface area contributed by atoms with E-state index in [0.29, 0.717) is 16.9 Å². The number of amides is 4. The summed E-state index contributed by atoms with van der Waals surface area (Å²) in [4.78, 5) is 65.3. The van der Waals surface area contributed by atoms with E-state index in [4.69, 9.17) is 4.42 Å². The minimum absolute atomic E-state index is 0.0451. The molecule has 13 heteroatoms. The maximum Gasteiger partial charge on any atom is 0.246 e. The van der Waals surface area contributed by atoms with E-state index in [1.165, 1.54) is 4.90 Å². The number of aryl methyl sites for hydroxylation is 1. The summed E-state index contributed by atoms with van der Waals surface area (Å²) in [7, 11) is 0. The number of benzene rings is 2. The van der Waals surface area contributed by atoms with Crippen molar-refractivity contribution in [3.05, 3.63) is 107 Å². The fourth-order valence-electron chi connectivity index (χ4n) is 6.72. The normalized spacial score (nSPS) is 17.5. The van der Waals surface area contributed by atoms with E-state index in [-0.39, 0.29) is 37.8 Å². The molecule has 1 aliphatic heterocycles. The van der Waals surface area contributed by atoms with Crippen molar-refractivity contribution in [1.29, 1.82) is 0 Å². The lowest BCUT2D eigenvalue weighted by Gasteiger charge is -2.35. The minimum atomic E-state index is -1.02. The fraction of sp³-hybridized carbons (Fsp3) is 0.366. The van der Waals surface area contributed by atoms with Gasteiger partial charge in [0.15, 0.2) is 0 Å². The van der Waals surface area contributed by atoms with Gasteiger partial charge in [-0.15, -0.1) is 11.3 Å². The lowest BCUT2D eigenvalue weighted by Crippen LogP contribution is -2.57. The summed E-state index contributed by atoms with van der Waals surface area (Å²) in [6, 6.07) is 18.0. The highest BCUT2D eigenvalue weighted by Crippen LogP contribution is 2.31. The zero-order valence-electron chi connectivity index (χ0n) is 31.0. The van der Waals surface area contributed by atoms with Crippen molar-refractivity contribution in [2.24, 2.45) is 5.41 Å². The highest BCUT2D eigenvalue weighted by molar-refractivity contribution is 7.13. The van der Waals surface area contributed by atoms with Crippen molar-refractivity contribution < 1.29 is 28.7 Å². The topological polar surface area (TPSA) is 167 Å². The third kappa shape index (κ3) is 8.86. The number of aliphatic hydroxyl groups is 1. The molecule has 54 heavy (non-hydrogen) atoms. The van der Waals surface area contributed by atoms with E-state index in [1.807, 2.05) is 101 Å². The summed E-state index contributed by atoms with van der Waals surface area (Å²) < 4.78 is 6.06. The Hall–Kier alpha value is -5.40. The third-order valence-electron chi connectivity index (χ3n) is 9.69. The van der Waals surface area contributed by atoms with Crippen molar-refractivity contribution in [3.8, 4) is 10.4 Å². The predicted octanol–water partition coefficient (Wildman–Crippen LogP) is 5.62. The maximum atomic E-state index is 14.1. The number of nitrogens with one attached hydrogen (secondary N) is 3. The van der Waals surface area contributed by atoms with E-state index >= 15 is 0 Å². The molecule has 1 aliphatic rings. The minimum Gasteiger partial charge on any atom is -0.459 e. The number of hydrogen-bond acceptors (Lipinski definition) is 9. The summed E-state index contributed by atoms with van der Waals surface area (Å²) in [6.07, 6.45) is 2.13. The van der Waals surface area contributed by atoms with Gasteiger partial charge < -0.3 is 30.4 Å². The molecule has 0 spiro atoms. The standard InChI is InChI=1S/C41H46N6O6S/c1-24(26-12-14-27(15-13-26)37-25(2)43-23-54-37)44-39(51)31-20-30(48)22-47(31)40(52)38(41(3,4)5)46-35(50)17-16-34(49)45-36(29-10-8-18-42-21-29)33-19-28-9-6-7-11-32(28)53-33/h6-15,18-19,21,23-24,30-31,36,38,48H,16-17,20,22H2,1-5H3,(H,44,51)(H,45,49)(H,46,50)/t24-,30-,31+,36?,38-/m1/s1. The number of likely N-dealkylation sites (tertiary alicyclic amines) is 1. The largest absolute Gasteiger partial charge is 0.459 e. The second-order valence-corrected chi connectivity index (χ2v) is 15.7. The van der Waals surface area contributed by atoms with Gasteiger partial charge in [0.2, 0.25) is 23.6 Å². The Balaban J connectivity index is 1.08. The van der Waals surface area contributed by atoms with Gasteiger partial charge >= 0.3 is 0 Å². The Kier molecular flexibility index (Phi) is 11.6. The quantitative estimate of drug-likeness (QED) is 0.128. The van der Waals surface area contributed by atoms with E-state index in [9.17, 15) is 24.3 Å². The van der Waals surface area contributed by atoms with Gasteiger partial charge in [0.25, 0.3) is 0 Å². The number of nitrogens with zero attached hydrogens (tertiary/aromatic N) is 3. The fourth-order valence-corrected chi connectivity index (χ4v) is 7.53. The number of furan rings is 1. The highest BCUT2D eigenvalue weighted by atomic mass is 32.1. The van der Waals surface area contributed by atoms with Crippen LogP contribution in [0.2, 0.25) is 0 Å². The van der Waals surface area contributed by atoms with Gasteiger partial charge in [-0.05, 0) is 48.6 Å². The Morgan fingerprint density at radius 3 is 2.33 bits per heavy atom. The van der Waals surface area contributed by atoms with Crippen LogP contribution in [-0.2, 0) is 19.2 Å². The number of aliphatic hydroxyl groups excluding tert-OH is 1. The number of para-hydroxylation sites is 1. The van der Waals surface area contributed by atoms with E-state index < -0.39 is 47.4 Å². The van der Waals surface area contributed by atoms with Gasteiger partial charge in [-0.1, -0.05) is 69.3 Å². The summed E-state index contributed by atoms with van der Waals surface area (Å²) in [5.41, 5.74) is 5.35. The molecule has 282 valence electrons. The summed E-state index contributed by atoms with van der Waals surface area (Å²) in [5, 5.41) is 20.3. The third-order valence-corrected chi connectivity index (χ3v) is 10.7. The SMILES string of the molecule is Cc1ncsc1-c1ccc([C@@H](C)NC(=O)[C@@H]2C[C@@H](O)CN2C(=O)[C@@H](NC(=O)CCC(=O)NC(c2cccnc2)c2cc3ccccc3o2)C(C)(C)C)cc1. The maximum absolute atomic E-state index is 14.1. The number of pyridine rings is 1. The average molecular weight is 751 g/mol. The number of β-amino-alcohol motifs (C(OH)–C–C–N with tert-alkyl or cyclic N) is 1. The van der Waals surface area contributed by atoms with E-state index in [1.54, 1.807) is 29.8 Å². The van der Waals surface area contributed by atoms with Crippen LogP contribution in [0.25, 0.3) is 21.4 Å². The molecular weight excluding hydrogens is 705 g/mol. The molecular formula is C41H46N6O6S. The number of aromatic nitrogens is 2. The molecule has 3 aromatic heterocycles. The molecule has 5 aromatic rings. The Morgan fingerprint density at radius 1 is 0.963 bits per heavy atom. The number of carbonyl (C=O) groups excluding carboxylic acids is 4. The molecule has 6 rings (SSSR count). The first kappa shape index (κ1) is 38.3. The number of thiazole rings is 1. The lowest BCUT2D eigenvalue weighted by molar-refractivity contribution is -0.144. The van der Waals surface area contributed by atoms with Gasteiger partial charge in [0.05, 0.1) is 28.2 Å². The number of rotatable bonds is 12. The number of fused-ring (bicyclic) bond motifs is 1. The van der Waals surface area contributed by atoms with Gasteiger partial charge in [-0.3, -0.25) is 24.2 Å². The van der Waals surface area contributed by atoms with Crippen molar-refractivity contribution in [1.82, 2.24) is 30.8 Å². The second-order valence-electron chi connectivity index (χ2n) is 14.9. The smallest absolute Gasteiger partial charge is 0.246 e. The van der Waals surface area contributed by atoms with Crippen LogP contribution in [0.1, 0.15) is 81.6 Å². The molecule has 12 nitrogen and oxygen atoms in total. The molecule has 1 fully saturated rings. The van der Waals surface area contributed by atoms with Crippen LogP contribution in [0.3, 0.4) is 0 Å². The number of carbonyl (C=O) groups is 4. The molecule has 4 amide bonds. The molecule has 1 saturated heterocycles. The average Bonchev–Trinajstić information content (AvgIpc) is 3.89.